The fourth-order valence-corrected chi connectivity index (χ4v) is 4.83. The average molecular weight is 448 g/mol. The minimum atomic E-state index is 0.0951. The van der Waals surface area contributed by atoms with Crippen LogP contribution in [0.5, 0.6) is 0 Å². The smallest absolute Gasteiger partial charge is 0.228 e. The van der Waals surface area contributed by atoms with Crippen molar-refractivity contribution in [2.24, 2.45) is 0 Å². The van der Waals surface area contributed by atoms with Crippen molar-refractivity contribution in [2.45, 2.75) is 32.1 Å². The number of piperazine rings is 1. The number of amides is 2. The molecule has 0 bridgehead atoms. The van der Waals surface area contributed by atoms with Gasteiger partial charge in [0.2, 0.25) is 11.8 Å². The van der Waals surface area contributed by atoms with Crippen LogP contribution in [-0.2, 0) is 28.9 Å². The Morgan fingerprint density at radius 2 is 1.41 bits per heavy atom. The molecule has 0 unspecified atom stereocenters. The number of nitrogens with zero attached hydrogens (tertiary/aromatic N) is 3. The Hall–Kier alpha value is -2.99. The Balaban J connectivity index is 1.18. The number of rotatable bonds is 8. The number of benzene rings is 2. The van der Waals surface area contributed by atoms with E-state index in [-0.39, 0.29) is 11.8 Å². The highest BCUT2D eigenvalue weighted by molar-refractivity contribution is 7.09. The van der Waals surface area contributed by atoms with E-state index in [4.69, 9.17) is 0 Å². The lowest BCUT2D eigenvalue weighted by molar-refractivity contribution is -0.139. The third kappa shape index (κ3) is 6.26. The van der Waals surface area contributed by atoms with Gasteiger partial charge >= 0.3 is 0 Å². The summed E-state index contributed by atoms with van der Waals surface area (Å²) in [6.07, 6.45) is 3.47. The third-order valence-electron chi connectivity index (χ3n) is 5.81. The summed E-state index contributed by atoms with van der Waals surface area (Å²) in [5.74, 6) is 0.288. The van der Waals surface area contributed by atoms with Crippen molar-refractivity contribution in [3.8, 4) is 0 Å². The van der Waals surface area contributed by atoms with E-state index in [9.17, 15) is 9.59 Å². The van der Waals surface area contributed by atoms with Crippen molar-refractivity contribution in [3.63, 3.8) is 0 Å². The normalized spacial score (nSPS) is 13.9. The van der Waals surface area contributed by atoms with Crippen LogP contribution in [-0.4, -0.2) is 52.8 Å². The van der Waals surface area contributed by atoms with E-state index in [2.05, 4.69) is 29.2 Å². The van der Waals surface area contributed by atoms with Crippen molar-refractivity contribution in [2.75, 3.05) is 26.2 Å². The summed E-state index contributed by atoms with van der Waals surface area (Å²) in [5, 5.41) is 3.02. The van der Waals surface area contributed by atoms with Crippen LogP contribution in [0.2, 0.25) is 0 Å². The highest BCUT2D eigenvalue weighted by Crippen LogP contribution is 2.16. The second-order valence-corrected chi connectivity index (χ2v) is 9.12. The molecule has 0 saturated carbocycles. The average Bonchev–Trinajstić information content (AvgIpc) is 3.27. The fraction of sp³-hybridized carbons (Fsp3) is 0.346. The summed E-state index contributed by atoms with van der Waals surface area (Å²) in [6.45, 7) is 2.44. The first-order valence-electron chi connectivity index (χ1n) is 11.2. The molecule has 3 aromatic rings. The van der Waals surface area contributed by atoms with Gasteiger partial charge in [0.1, 0.15) is 0 Å². The number of aromatic nitrogens is 1. The molecule has 5 nitrogen and oxygen atoms in total. The zero-order valence-corrected chi connectivity index (χ0v) is 19.1. The molecule has 2 aromatic carbocycles. The monoisotopic (exact) mass is 447 g/mol. The van der Waals surface area contributed by atoms with Gasteiger partial charge < -0.3 is 9.80 Å². The Kier molecular flexibility index (Phi) is 7.67. The van der Waals surface area contributed by atoms with Crippen LogP contribution in [0.25, 0.3) is 0 Å². The van der Waals surface area contributed by atoms with Gasteiger partial charge in [0.15, 0.2) is 0 Å². The number of hydrogen-bond acceptors (Lipinski definition) is 4. The minimum absolute atomic E-state index is 0.0951. The highest BCUT2D eigenvalue weighted by Gasteiger charge is 2.24. The number of hydrogen-bond donors (Lipinski definition) is 0. The van der Waals surface area contributed by atoms with E-state index in [1.165, 1.54) is 11.1 Å². The molecule has 6 heteroatoms. The van der Waals surface area contributed by atoms with E-state index in [1.54, 1.807) is 11.3 Å². The summed E-state index contributed by atoms with van der Waals surface area (Å²) in [6, 6.07) is 20.5. The Morgan fingerprint density at radius 3 is 2.06 bits per heavy atom. The molecule has 1 saturated heterocycles. The summed E-state index contributed by atoms with van der Waals surface area (Å²) in [7, 11) is 0. The van der Waals surface area contributed by atoms with Gasteiger partial charge in [0, 0.05) is 44.4 Å². The quantitative estimate of drug-likeness (QED) is 0.525. The van der Waals surface area contributed by atoms with E-state index < -0.39 is 0 Å². The molecule has 2 heterocycles. The molecule has 0 spiro atoms. The lowest BCUT2D eigenvalue weighted by Crippen LogP contribution is -2.51. The summed E-state index contributed by atoms with van der Waals surface area (Å²) in [5.41, 5.74) is 3.33. The standard InChI is InChI=1S/C26H29N3O2S/c30-25(13-7-12-21-8-3-1-4-9-21)28-14-16-29(17-15-28)26(31)19-23-20-32-24(27-23)18-22-10-5-2-6-11-22/h1-6,8-11,20H,7,12-19H2. The summed E-state index contributed by atoms with van der Waals surface area (Å²) in [4.78, 5) is 33.7. The lowest BCUT2D eigenvalue weighted by atomic mass is 10.1. The van der Waals surface area contributed by atoms with E-state index in [0.717, 1.165) is 30.0 Å². The van der Waals surface area contributed by atoms with Crippen LogP contribution in [0.3, 0.4) is 0 Å². The topological polar surface area (TPSA) is 53.5 Å². The molecule has 1 aromatic heterocycles. The number of carbonyl (C=O) groups is 2. The van der Waals surface area contributed by atoms with Crippen LogP contribution in [0.1, 0.15) is 34.7 Å². The van der Waals surface area contributed by atoms with Crippen molar-refractivity contribution in [1.82, 2.24) is 14.8 Å². The number of carbonyl (C=O) groups excluding carboxylic acids is 2. The number of thiazole rings is 1. The third-order valence-corrected chi connectivity index (χ3v) is 6.71. The van der Waals surface area contributed by atoms with Gasteiger partial charge in [0.05, 0.1) is 17.1 Å². The van der Waals surface area contributed by atoms with Crippen LogP contribution >= 0.6 is 11.3 Å². The van der Waals surface area contributed by atoms with Crippen LogP contribution in [0.4, 0.5) is 0 Å². The van der Waals surface area contributed by atoms with E-state index >= 15 is 0 Å². The molecule has 2 amide bonds. The predicted octanol–water partition coefficient (Wildman–Crippen LogP) is 3.97. The summed E-state index contributed by atoms with van der Waals surface area (Å²) < 4.78 is 0. The minimum Gasteiger partial charge on any atom is -0.339 e. The molecule has 1 aliphatic heterocycles. The van der Waals surface area contributed by atoms with Gasteiger partial charge in [-0.1, -0.05) is 60.7 Å². The maximum atomic E-state index is 12.7. The molecule has 4 rings (SSSR count). The first kappa shape index (κ1) is 22.2. The van der Waals surface area contributed by atoms with Gasteiger partial charge in [-0.3, -0.25) is 9.59 Å². The zero-order valence-electron chi connectivity index (χ0n) is 18.3. The van der Waals surface area contributed by atoms with Gasteiger partial charge in [0.25, 0.3) is 0 Å². The lowest BCUT2D eigenvalue weighted by Gasteiger charge is -2.34. The maximum absolute atomic E-state index is 12.7. The Morgan fingerprint density at radius 1 is 0.812 bits per heavy atom. The van der Waals surface area contributed by atoms with Crippen molar-refractivity contribution in [3.05, 3.63) is 87.9 Å². The van der Waals surface area contributed by atoms with Gasteiger partial charge in [-0.05, 0) is 24.0 Å². The zero-order chi connectivity index (χ0) is 22.2. The molecule has 0 N–H and O–H groups in total. The van der Waals surface area contributed by atoms with Crippen molar-refractivity contribution >= 4 is 23.2 Å². The second-order valence-electron chi connectivity index (χ2n) is 8.17. The predicted molar refractivity (Wildman–Crippen MR) is 128 cm³/mol. The molecule has 166 valence electrons. The van der Waals surface area contributed by atoms with Crippen LogP contribution in [0.15, 0.2) is 66.0 Å². The highest BCUT2D eigenvalue weighted by atomic mass is 32.1. The largest absolute Gasteiger partial charge is 0.339 e. The van der Waals surface area contributed by atoms with E-state index in [1.807, 2.05) is 51.6 Å². The Bertz CT molecular complexity index is 1010. The first-order valence-corrected chi connectivity index (χ1v) is 12.1. The van der Waals surface area contributed by atoms with Gasteiger partial charge in [-0.2, -0.15) is 0 Å². The van der Waals surface area contributed by atoms with Gasteiger partial charge in [-0.25, -0.2) is 4.98 Å². The molecule has 1 aliphatic rings. The fourth-order valence-electron chi connectivity index (χ4n) is 4.00. The molecule has 0 radical (unpaired) electrons. The van der Waals surface area contributed by atoms with Crippen molar-refractivity contribution in [1.29, 1.82) is 0 Å². The molecule has 32 heavy (non-hydrogen) atoms. The van der Waals surface area contributed by atoms with Crippen LogP contribution < -0.4 is 0 Å². The van der Waals surface area contributed by atoms with E-state index in [0.29, 0.717) is 39.0 Å². The SMILES string of the molecule is O=C(CCCc1ccccc1)N1CCN(C(=O)Cc2csc(Cc3ccccc3)n2)CC1. The van der Waals surface area contributed by atoms with Crippen molar-refractivity contribution < 1.29 is 9.59 Å². The Labute approximate surface area is 193 Å². The molecular weight excluding hydrogens is 418 g/mol. The number of aryl methyl sites for hydroxylation is 1. The van der Waals surface area contributed by atoms with Crippen LogP contribution in [0, 0.1) is 0 Å². The first-order chi connectivity index (χ1) is 15.7. The molecule has 0 aliphatic carbocycles. The molecular formula is C26H29N3O2S. The maximum Gasteiger partial charge on any atom is 0.228 e. The molecule has 1 fully saturated rings. The van der Waals surface area contributed by atoms with Gasteiger partial charge in [-0.15, -0.1) is 11.3 Å². The molecule has 0 atom stereocenters. The second kappa shape index (κ2) is 11.0. The summed E-state index contributed by atoms with van der Waals surface area (Å²) >= 11 is 1.61.